The van der Waals surface area contributed by atoms with Crippen LogP contribution in [0.4, 0.5) is 11.4 Å². The van der Waals surface area contributed by atoms with Crippen LogP contribution in [-0.4, -0.2) is 0 Å². The van der Waals surface area contributed by atoms with Crippen LogP contribution in [0.1, 0.15) is 48.1 Å². The van der Waals surface area contributed by atoms with Gasteiger partial charge in [0.15, 0.2) is 0 Å². The molecule has 0 aliphatic heterocycles. The minimum absolute atomic E-state index is 0.307. The van der Waals surface area contributed by atoms with Crippen LogP contribution in [0.2, 0.25) is 0 Å². The van der Waals surface area contributed by atoms with Gasteiger partial charge < -0.3 is 4.90 Å². The number of hydrogen-bond donors (Lipinski definition) is 0. The topological polar surface area (TPSA) is 3.24 Å². The highest BCUT2D eigenvalue weighted by Crippen LogP contribution is 2.45. The summed E-state index contributed by atoms with van der Waals surface area (Å²) in [6, 6.07) is 60.6. The minimum atomic E-state index is 0.307. The van der Waals surface area contributed by atoms with E-state index in [1.54, 1.807) is 0 Å². The van der Waals surface area contributed by atoms with E-state index in [-0.39, 0.29) is 0 Å². The standard InChI is InChI=1S/C61H47NS2/c1-40-38-48(44-26-30-46(31-27-44)52-19-11-21-56-54-17-6-8-23-59(54)64-61(52)56)34-37-57(40)62(50-15-9-14-47(39-50)41-12-3-2-4-13-41)49-35-32-43(33-36-49)42-24-28-45(29-25-42)51-18-10-20-55-53-16-5-7-22-58(53)63-60(51)55/h2-4,6-15,17-30,32-37,39-40,46H,5,16,31,38H2,1H3. The van der Waals surface area contributed by atoms with Gasteiger partial charge in [0.25, 0.3) is 0 Å². The summed E-state index contributed by atoms with van der Waals surface area (Å²) >= 11 is 3.87. The van der Waals surface area contributed by atoms with Gasteiger partial charge in [0.2, 0.25) is 0 Å². The van der Waals surface area contributed by atoms with Crippen molar-refractivity contribution in [3.63, 3.8) is 0 Å². The third kappa shape index (κ3) is 7.01. The second-order valence-corrected chi connectivity index (χ2v) is 19.6. The number of fused-ring (bicyclic) bond motifs is 6. The lowest BCUT2D eigenvalue weighted by Crippen LogP contribution is -2.23. The van der Waals surface area contributed by atoms with E-state index in [1.807, 2.05) is 22.7 Å². The van der Waals surface area contributed by atoms with E-state index in [4.69, 9.17) is 0 Å². The first-order chi connectivity index (χ1) is 31.6. The lowest BCUT2D eigenvalue weighted by atomic mass is 9.83. The zero-order valence-corrected chi connectivity index (χ0v) is 37.5. The maximum atomic E-state index is 2.49. The monoisotopic (exact) mass is 857 g/mol. The molecular weight excluding hydrogens is 811 g/mol. The van der Waals surface area contributed by atoms with Crippen molar-refractivity contribution in [3.05, 3.63) is 233 Å². The largest absolute Gasteiger partial charge is 0.314 e. The van der Waals surface area contributed by atoms with Crippen molar-refractivity contribution < 1.29 is 0 Å². The maximum Gasteiger partial charge on any atom is 0.0464 e. The summed E-state index contributed by atoms with van der Waals surface area (Å²) in [6.45, 7) is 2.39. The molecule has 0 spiro atoms. The fourth-order valence-electron chi connectivity index (χ4n) is 10.3. The smallest absolute Gasteiger partial charge is 0.0464 e. The molecule has 2 aromatic heterocycles. The van der Waals surface area contributed by atoms with E-state index < -0.39 is 0 Å². The predicted octanol–water partition coefficient (Wildman–Crippen LogP) is 17.9. The highest BCUT2D eigenvalue weighted by atomic mass is 32.1. The van der Waals surface area contributed by atoms with Crippen LogP contribution in [0.15, 0.2) is 217 Å². The van der Waals surface area contributed by atoms with E-state index in [9.17, 15) is 0 Å². The third-order valence-electron chi connectivity index (χ3n) is 13.6. The molecule has 3 heteroatoms. The molecular formula is C61H47NS2. The van der Waals surface area contributed by atoms with Gasteiger partial charge in [0.1, 0.15) is 0 Å². The first-order valence-corrected chi connectivity index (χ1v) is 24.3. The molecule has 0 N–H and O–H groups in total. The Morgan fingerprint density at radius 3 is 2.11 bits per heavy atom. The molecule has 9 aromatic rings. The summed E-state index contributed by atoms with van der Waals surface area (Å²) < 4.78 is 4.19. The zero-order valence-electron chi connectivity index (χ0n) is 35.9. The fraction of sp³-hybridized carbons (Fsp3) is 0.115. The Balaban J connectivity index is 0.845. The summed E-state index contributed by atoms with van der Waals surface area (Å²) in [4.78, 5) is 3.91. The van der Waals surface area contributed by atoms with Crippen molar-refractivity contribution in [2.45, 2.75) is 38.5 Å². The molecule has 2 unspecified atom stereocenters. The van der Waals surface area contributed by atoms with Crippen molar-refractivity contribution in [2.24, 2.45) is 5.92 Å². The molecule has 2 atom stereocenters. The quantitative estimate of drug-likeness (QED) is 0.147. The molecule has 0 radical (unpaired) electrons. The molecule has 0 fully saturated rings. The average Bonchev–Trinajstić information content (AvgIpc) is 3.94. The zero-order chi connectivity index (χ0) is 42.6. The molecule has 0 saturated heterocycles. The van der Waals surface area contributed by atoms with E-state index in [0.717, 1.165) is 31.4 Å². The fourth-order valence-corrected chi connectivity index (χ4v) is 12.9. The number of benzene rings is 7. The predicted molar refractivity (Wildman–Crippen MR) is 278 cm³/mol. The highest BCUT2D eigenvalue weighted by Gasteiger charge is 2.26. The van der Waals surface area contributed by atoms with Crippen LogP contribution in [0.5, 0.6) is 0 Å². The Morgan fingerprint density at radius 2 is 1.28 bits per heavy atom. The highest BCUT2D eigenvalue weighted by molar-refractivity contribution is 7.26. The number of rotatable bonds is 8. The minimum Gasteiger partial charge on any atom is -0.314 e. The molecule has 0 saturated carbocycles. The Morgan fingerprint density at radius 1 is 0.562 bits per heavy atom. The third-order valence-corrected chi connectivity index (χ3v) is 16.1. The van der Waals surface area contributed by atoms with Gasteiger partial charge >= 0.3 is 0 Å². The van der Waals surface area contributed by atoms with Crippen molar-refractivity contribution in [1.82, 2.24) is 0 Å². The van der Waals surface area contributed by atoms with Gasteiger partial charge in [-0.15, -0.1) is 22.7 Å². The van der Waals surface area contributed by atoms with Gasteiger partial charge in [0, 0.05) is 58.7 Å². The Hall–Kier alpha value is -6.78. The van der Waals surface area contributed by atoms with Crippen LogP contribution in [0.3, 0.4) is 0 Å². The number of hydrogen-bond acceptors (Lipinski definition) is 3. The molecule has 12 rings (SSSR count). The average molecular weight is 858 g/mol. The molecule has 308 valence electrons. The second-order valence-electron chi connectivity index (χ2n) is 17.5. The number of allylic oxidation sites excluding steroid dienone is 9. The normalized spacial score (nSPS) is 17.0. The molecule has 3 aliphatic rings. The van der Waals surface area contributed by atoms with E-state index in [2.05, 4.69) is 218 Å². The molecule has 2 heterocycles. The van der Waals surface area contributed by atoms with Crippen molar-refractivity contribution in [1.29, 1.82) is 0 Å². The SMILES string of the molecule is CC1CC(C2=CCC(c3cccc4c3sc3ccccc34)C=C2)=CC=C1N(c1ccc(-c2ccc(-c3cccc4c5c(sc34)C=CCC5)cc2)cc1)c1cccc(-c2ccccc2)c1. The first kappa shape index (κ1) is 38.9. The second kappa shape index (κ2) is 16.4. The first-order valence-electron chi connectivity index (χ1n) is 22.7. The summed E-state index contributed by atoms with van der Waals surface area (Å²) in [5, 5.41) is 4.16. The van der Waals surface area contributed by atoms with Gasteiger partial charge in [0.05, 0.1) is 0 Å². The van der Waals surface area contributed by atoms with Crippen molar-refractivity contribution in [2.75, 3.05) is 4.90 Å². The van der Waals surface area contributed by atoms with Crippen LogP contribution in [0.25, 0.3) is 69.7 Å². The van der Waals surface area contributed by atoms with Gasteiger partial charge in [-0.2, -0.15) is 0 Å². The van der Waals surface area contributed by atoms with E-state index in [1.165, 1.54) is 102 Å². The van der Waals surface area contributed by atoms with Crippen molar-refractivity contribution >= 4 is 70.4 Å². The Labute approximate surface area is 384 Å². The maximum absolute atomic E-state index is 2.49. The molecule has 0 bridgehead atoms. The molecule has 3 aliphatic carbocycles. The van der Waals surface area contributed by atoms with Crippen LogP contribution < -0.4 is 4.90 Å². The van der Waals surface area contributed by atoms with Crippen LogP contribution in [-0.2, 0) is 6.42 Å². The number of nitrogens with zero attached hydrogens (tertiary/aromatic N) is 1. The van der Waals surface area contributed by atoms with Gasteiger partial charge in [-0.25, -0.2) is 0 Å². The Bertz CT molecular complexity index is 3390. The molecule has 0 amide bonds. The summed E-state index contributed by atoms with van der Waals surface area (Å²) in [5.41, 5.74) is 16.8. The summed E-state index contributed by atoms with van der Waals surface area (Å²) in [6.07, 6.45) is 21.0. The number of anilines is 2. The van der Waals surface area contributed by atoms with Crippen molar-refractivity contribution in [3.8, 4) is 33.4 Å². The summed E-state index contributed by atoms with van der Waals surface area (Å²) in [7, 11) is 0. The number of aryl methyl sites for hydroxylation is 1. The lowest BCUT2D eigenvalue weighted by molar-refractivity contribution is 0.651. The van der Waals surface area contributed by atoms with E-state index in [0.29, 0.717) is 11.8 Å². The van der Waals surface area contributed by atoms with E-state index >= 15 is 0 Å². The lowest BCUT2D eigenvalue weighted by Gasteiger charge is -2.34. The summed E-state index contributed by atoms with van der Waals surface area (Å²) in [5.74, 6) is 0.687. The molecule has 64 heavy (non-hydrogen) atoms. The molecule has 7 aromatic carbocycles. The Kier molecular flexibility index (Phi) is 9.96. The van der Waals surface area contributed by atoms with Crippen LogP contribution in [0, 0.1) is 5.92 Å². The number of thiophene rings is 2. The van der Waals surface area contributed by atoms with Gasteiger partial charge in [-0.05, 0) is 129 Å². The van der Waals surface area contributed by atoms with Gasteiger partial charge in [-0.3, -0.25) is 0 Å². The molecule has 1 nitrogen and oxygen atoms in total. The van der Waals surface area contributed by atoms with Crippen LogP contribution >= 0.6 is 22.7 Å². The van der Waals surface area contributed by atoms with Gasteiger partial charge in [-0.1, -0.05) is 171 Å².